The highest BCUT2D eigenvalue weighted by atomic mass is 35.5. The van der Waals surface area contributed by atoms with E-state index in [9.17, 15) is 9.90 Å². The first-order valence-corrected chi connectivity index (χ1v) is 8.30. The second-order valence-electron chi connectivity index (χ2n) is 5.87. The zero-order valence-corrected chi connectivity index (χ0v) is 14.9. The zero-order chi connectivity index (χ0) is 17.1. The van der Waals surface area contributed by atoms with Crippen LogP contribution in [-0.4, -0.2) is 15.5 Å². The molecule has 2 unspecified atom stereocenters. The molecule has 0 aliphatic heterocycles. The zero-order valence-electron chi connectivity index (χ0n) is 13.4. The maximum absolute atomic E-state index is 12.6. The summed E-state index contributed by atoms with van der Waals surface area (Å²) >= 11 is 11.3. The van der Waals surface area contributed by atoms with Crippen molar-refractivity contribution in [2.45, 2.75) is 32.9 Å². The van der Waals surface area contributed by atoms with E-state index in [0.717, 1.165) is 0 Å². The second kappa shape index (κ2) is 7.39. The Morgan fingerprint density at radius 1 is 1.17 bits per heavy atom. The van der Waals surface area contributed by atoms with E-state index in [-0.39, 0.29) is 11.8 Å². The number of hydrogen-bond acceptors (Lipinski definition) is 3. The van der Waals surface area contributed by atoms with Crippen molar-refractivity contribution in [2.75, 3.05) is 0 Å². The van der Waals surface area contributed by atoms with Gasteiger partial charge in [-0.25, -0.2) is 0 Å². The molecule has 5 heteroatoms. The minimum Gasteiger partial charge on any atom is -0.388 e. The molecule has 122 valence electrons. The topological polar surface area (TPSA) is 42.2 Å². The third kappa shape index (κ3) is 3.89. The number of hydrogen-bond donors (Lipinski definition) is 1. The molecule has 0 aliphatic carbocycles. The number of benzene rings is 1. The van der Waals surface area contributed by atoms with E-state index < -0.39 is 12.0 Å². The van der Waals surface area contributed by atoms with E-state index in [2.05, 4.69) is 0 Å². The number of aliphatic hydroxyl groups is 1. The molecule has 0 fully saturated rings. The number of carbonyl (C=O) groups is 1. The van der Waals surface area contributed by atoms with Gasteiger partial charge >= 0.3 is 0 Å². The number of aliphatic hydroxyl groups excluding tert-OH is 1. The van der Waals surface area contributed by atoms with E-state index in [1.165, 1.54) is 0 Å². The predicted molar refractivity (Wildman–Crippen MR) is 95.6 cm³/mol. The molecule has 0 saturated heterocycles. The Hall–Kier alpha value is -1.49. The number of pyridine rings is 1. The predicted octanol–water partition coefficient (Wildman–Crippen LogP) is 5.00. The molecule has 2 aromatic rings. The van der Waals surface area contributed by atoms with Gasteiger partial charge in [-0.1, -0.05) is 36.8 Å². The van der Waals surface area contributed by atoms with Crippen molar-refractivity contribution in [3.63, 3.8) is 0 Å². The van der Waals surface area contributed by atoms with Gasteiger partial charge in [0.2, 0.25) is 0 Å². The minimum absolute atomic E-state index is 0.136. The smallest absolute Gasteiger partial charge is 0.168 e. The van der Waals surface area contributed by atoms with Crippen molar-refractivity contribution < 1.29 is 9.90 Å². The van der Waals surface area contributed by atoms with E-state index in [1.807, 2.05) is 30.7 Å². The Morgan fingerprint density at radius 2 is 1.78 bits per heavy atom. The Bertz CT molecular complexity index is 752. The summed E-state index contributed by atoms with van der Waals surface area (Å²) in [6, 6.07) is 10.5. The molecule has 1 aromatic heterocycles. The van der Waals surface area contributed by atoms with Crippen LogP contribution in [0.4, 0.5) is 0 Å². The van der Waals surface area contributed by atoms with Crippen LogP contribution in [-0.2, 0) is 0 Å². The van der Waals surface area contributed by atoms with Crippen LogP contribution in [0.5, 0.6) is 0 Å². The number of carbonyl (C=O) groups excluding carboxylic acids is 1. The molecule has 0 aliphatic rings. The van der Waals surface area contributed by atoms with Crippen LogP contribution >= 0.6 is 23.8 Å². The van der Waals surface area contributed by atoms with E-state index in [4.69, 9.17) is 23.8 Å². The molecular formula is C18H20ClNO2S. The first kappa shape index (κ1) is 17.9. The van der Waals surface area contributed by atoms with Gasteiger partial charge in [0, 0.05) is 34.3 Å². The fourth-order valence-corrected chi connectivity index (χ4v) is 3.04. The summed E-state index contributed by atoms with van der Waals surface area (Å²) in [7, 11) is 0. The van der Waals surface area contributed by atoms with Crippen LogP contribution < -0.4 is 0 Å². The average Bonchev–Trinajstić information content (AvgIpc) is 2.53. The van der Waals surface area contributed by atoms with Gasteiger partial charge in [-0.3, -0.25) is 4.79 Å². The number of halogens is 1. The summed E-state index contributed by atoms with van der Waals surface area (Å²) < 4.78 is 2.47. The van der Waals surface area contributed by atoms with Gasteiger partial charge in [-0.15, -0.1) is 0 Å². The van der Waals surface area contributed by atoms with Crippen molar-refractivity contribution in [1.82, 2.24) is 4.57 Å². The largest absolute Gasteiger partial charge is 0.388 e. The Kier molecular flexibility index (Phi) is 5.74. The van der Waals surface area contributed by atoms with Gasteiger partial charge in [-0.2, -0.15) is 0 Å². The molecule has 0 saturated carbocycles. The summed E-state index contributed by atoms with van der Waals surface area (Å²) in [5.41, 5.74) is 1.13. The number of nitrogens with zero attached hydrogens (tertiary/aromatic N) is 1. The third-order valence-corrected chi connectivity index (χ3v) is 4.59. The van der Waals surface area contributed by atoms with Gasteiger partial charge in [0.1, 0.15) is 4.64 Å². The lowest BCUT2D eigenvalue weighted by Crippen LogP contribution is -2.21. The van der Waals surface area contributed by atoms with Crippen molar-refractivity contribution >= 4 is 29.6 Å². The van der Waals surface area contributed by atoms with Crippen LogP contribution in [0.15, 0.2) is 42.6 Å². The molecule has 0 radical (unpaired) electrons. The SMILES string of the molecule is CC(C(=O)c1ccc(Cl)cc1)C(O)c1cccn(C(C)C)c1=S. The maximum Gasteiger partial charge on any atom is 0.168 e. The normalized spacial score (nSPS) is 13.8. The highest BCUT2D eigenvalue weighted by Crippen LogP contribution is 2.27. The van der Waals surface area contributed by atoms with E-state index >= 15 is 0 Å². The fraction of sp³-hybridized carbons (Fsp3) is 0.333. The number of rotatable bonds is 5. The van der Waals surface area contributed by atoms with Crippen molar-refractivity contribution in [3.05, 3.63) is 63.4 Å². The quantitative estimate of drug-likeness (QED) is 0.609. The summed E-state index contributed by atoms with van der Waals surface area (Å²) in [6.07, 6.45) is 0.936. The monoisotopic (exact) mass is 349 g/mol. The Labute approximate surface area is 146 Å². The highest BCUT2D eigenvalue weighted by Gasteiger charge is 2.26. The number of ketones is 1. The Balaban J connectivity index is 2.31. The molecule has 1 aromatic carbocycles. The van der Waals surface area contributed by atoms with Crippen molar-refractivity contribution in [2.24, 2.45) is 5.92 Å². The summed E-state index contributed by atoms with van der Waals surface area (Å²) in [4.78, 5) is 12.6. The average molecular weight is 350 g/mol. The molecule has 0 spiro atoms. The third-order valence-electron chi connectivity index (χ3n) is 3.89. The summed E-state index contributed by atoms with van der Waals surface area (Å²) in [5, 5.41) is 11.2. The van der Waals surface area contributed by atoms with Gasteiger partial charge < -0.3 is 9.67 Å². The molecule has 0 bridgehead atoms. The van der Waals surface area contributed by atoms with Gasteiger partial charge in [0.05, 0.1) is 6.10 Å². The first-order valence-electron chi connectivity index (χ1n) is 7.51. The van der Waals surface area contributed by atoms with Crippen molar-refractivity contribution in [3.8, 4) is 0 Å². The standard InChI is InChI=1S/C18H20ClNO2S/c1-11(2)20-10-4-5-15(18(20)23)17(22)12(3)16(21)13-6-8-14(19)9-7-13/h4-12,17,22H,1-3H3. The minimum atomic E-state index is -0.947. The lowest BCUT2D eigenvalue weighted by atomic mass is 9.91. The fourth-order valence-electron chi connectivity index (χ4n) is 2.45. The lowest BCUT2D eigenvalue weighted by molar-refractivity contribution is 0.0710. The van der Waals surface area contributed by atoms with E-state index in [1.54, 1.807) is 37.3 Å². The van der Waals surface area contributed by atoms with Crippen molar-refractivity contribution in [1.29, 1.82) is 0 Å². The molecule has 3 nitrogen and oxygen atoms in total. The summed E-state index contributed by atoms with van der Waals surface area (Å²) in [5.74, 6) is -0.732. The van der Waals surface area contributed by atoms with Gasteiger partial charge in [0.25, 0.3) is 0 Å². The Morgan fingerprint density at radius 3 is 2.35 bits per heavy atom. The molecule has 2 atom stereocenters. The van der Waals surface area contributed by atoms with Gasteiger partial charge in [-0.05, 0) is 44.2 Å². The molecule has 23 heavy (non-hydrogen) atoms. The van der Waals surface area contributed by atoms with Crippen LogP contribution in [0.2, 0.25) is 5.02 Å². The molecule has 1 heterocycles. The number of Topliss-reactive ketones (excluding diaryl/α,β-unsaturated/α-hetero) is 1. The first-order chi connectivity index (χ1) is 10.8. The van der Waals surface area contributed by atoms with E-state index in [0.29, 0.717) is 20.8 Å². The van der Waals surface area contributed by atoms with Crippen LogP contribution in [0.1, 0.15) is 48.8 Å². The van der Waals surface area contributed by atoms with Crippen LogP contribution in [0.3, 0.4) is 0 Å². The maximum atomic E-state index is 12.6. The van der Waals surface area contributed by atoms with Gasteiger partial charge in [0.15, 0.2) is 5.78 Å². The van der Waals surface area contributed by atoms with Crippen LogP contribution in [0.25, 0.3) is 0 Å². The molecular weight excluding hydrogens is 330 g/mol. The lowest BCUT2D eigenvalue weighted by Gasteiger charge is -2.21. The highest BCUT2D eigenvalue weighted by molar-refractivity contribution is 7.71. The second-order valence-corrected chi connectivity index (χ2v) is 6.70. The summed E-state index contributed by atoms with van der Waals surface area (Å²) in [6.45, 7) is 5.76. The molecule has 2 rings (SSSR count). The van der Waals surface area contributed by atoms with Crippen LogP contribution in [0, 0.1) is 10.6 Å². The molecule has 1 N–H and O–H groups in total. The molecule has 0 amide bonds. The number of aromatic nitrogens is 1.